The van der Waals surface area contributed by atoms with Gasteiger partial charge in [0.1, 0.15) is 0 Å². The molecule has 2 heterocycles. The van der Waals surface area contributed by atoms with Crippen LogP contribution in [0.2, 0.25) is 10.0 Å². The monoisotopic (exact) mass is 934 g/mol. The molecule has 64 heavy (non-hydrogen) atoms. The molecule has 2 spiro atoms. The van der Waals surface area contributed by atoms with Crippen molar-refractivity contribution in [2.75, 3.05) is 22.3 Å². The summed E-state index contributed by atoms with van der Waals surface area (Å²) in [7, 11) is -7.38. The molecular weight excluding hydrogens is 900 g/mol. The predicted molar refractivity (Wildman–Crippen MR) is 241 cm³/mol. The number of amides is 2. The number of halogens is 2. The normalized spacial score (nSPS) is 21.6. The number of anilines is 4. The minimum absolute atomic E-state index is 0.0459. The Hall–Kier alpha value is -6.32. The lowest BCUT2D eigenvalue weighted by Gasteiger charge is -2.20. The molecule has 324 valence electrons. The quantitative estimate of drug-likeness (QED) is 0.149. The Bertz CT molecular complexity index is 3020. The van der Waals surface area contributed by atoms with Gasteiger partial charge in [-0.3, -0.25) is 19.4 Å². The third-order valence-corrected chi connectivity index (χ3v) is 15.2. The summed E-state index contributed by atoms with van der Waals surface area (Å²) in [5.41, 5.74) is 3.49. The Morgan fingerprint density at radius 2 is 0.891 bits per heavy atom. The minimum Gasteiger partial charge on any atom is -0.478 e. The number of carboxylic acid groups (broad SMARTS) is 2. The largest absolute Gasteiger partial charge is 0.478 e. The van der Waals surface area contributed by atoms with Crippen LogP contribution >= 0.6 is 23.2 Å². The summed E-state index contributed by atoms with van der Waals surface area (Å²) in [6.45, 7) is 0. The molecule has 10 rings (SSSR count). The van der Waals surface area contributed by atoms with Crippen molar-refractivity contribution in [3.63, 3.8) is 0 Å². The average molecular weight is 936 g/mol. The molecule has 2 N–H and O–H groups in total. The standard InChI is InChI=1S/2C24H18ClNO5S/c2*1-32(30,31)18-11-15(22(27)28)10-17(12-18)26-21-5-3-2-4-19(21)24(23(26)29)13-20(24)14-6-8-16(25)9-7-14/h2*2-12,20H,13H2,1H3,(H,27,28)/t2*20-,24+/m10/s1. The average Bonchev–Trinajstić information content (AvgIpc) is 4.15. The zero-order valence-electron chi connectivity index (χ0n) is 33.9. The Labute approximate surface area is 378 Å². The maximum atomic E-state index is 13.8. The van der Waals surface area contributed by atoms with E-state index in [0.29, 0.717) is 34.3 Å². The molecule has 16 heteroatoms. The van der Waals surface area contributed by atoms with Gasteiger partial charge in [-0.2, -0.15) is 0 Å². The second-order valence-electron chi connectivity index (χ2n) is 16.5. The number of benzene rings is 6. The molecule has 2 fully saturated rings. The number of hydrogen-bond donors (Lipinski definition) is 2. The van der Waals surface area contributed by atoms with Crippen LogP contribution in [-0.4, -0.2) is 63.3 Å². The highest BCUT2D eigenvalue weighted by Crippen LogP contribution is 2.68. The van der Waals surface area contributed by atoms with Gasteiger partial charge in [0, 0.05) is 34.4 Å². The van der Waals surface area contributed by atoms with E-state index in [4.69, 9.17) is 23.2 Å². The van der Waals surface area contributed by atoms with Crippen molar-refractivity contribution in [3.8, 4) is 0 Å². The number of carbonyl (C=O) groups is 4. The van der Waals surface area contributed by atoms with Crippen LogP contribution < -0.4 is 9.80 Å². The van der Waals surface area contributed by atoms with Crippen molar-refractivity contribution in [1.82, 2.24) is 0 Å². The summed E-state index contributed by atoms with van der Waals surface area (Å²) in [6, 6.07) is 37.2. The van der Waals surface area contributed by atoms with E-state index in [0.717, 1.165) is 46.9 Å². The molecule has 0 aromatic heterocycles. The van der Waals surface area contributed by atoms with Gasteiger partial charge in [0.05, 0.1) is 54.5 Å². The zero-order chi connectivity index (χ0) is 45.7. The highest BCUT2D eigenvalue weighted by molar-refractivity contribution is 7.91. The van der Waals surface area contributed by atoms with Crippen molar-refractivity contribution in [3.05, 3.63) is 177 Å². The van der Waals surface area contributed by atoms with Crippen LogP contribution in [0, 0.1) is 0 Å². The first-order chi connectivity index (χ1) is 30.2. The fourth-order valence-electron chi connectivity index (χ4n) is 9.34. The van der Waals surface area contributed by atoms with Gasteiger partial charge in [-0.1, -0.05) is 83.9 Å². The molecule has 2 aliphatic heterocycles. The van der Waals surface area contributed by atoms with E-state index in [1.165, 1.54) is 34.1 Å². The number of hydrogen-bond acceptors (Lipinski definition) is 8. The van der Waals surface area contributed by atoms with E-state index in [-0.39, 0.29) is 55.9 Å². The zero-order valence-corrected chi connectivity index (χ0v) is 37.0. The van der Waals surface area contributed by atoms with Crippen LogP contribution in [0.25, 0.3) is 0 Å². The SMILES string of the molecule is CS(=O)(=O)c1cc(C(=O)O)cc(N2C(=O)[C@@]3(C[C@@H]3c3ccc(Cl)cc3)c3ccccc32)c1.CS(=O)(=O)c1cc(C(=O)O)cc(N2C(=O)[C@]3(C[C@H]3c3ccc(Cl)cc3)c3ccccc32)c1. The van der Waals surface area contributed by atoms with E-state index in [2.05, 4.69) is 0 Å². The van der Waals surface area contributed by atoms with E-state index >= 15 is 0 Å². The Morgan fingerprint density at radius 1 is 0.547 bits per heavy atom. The van der Waals surface area contributed by atoms with Crippen molar-refractivity contribution < 1.29 is 46.2 Å². The number of aromatic carboxylic acids is 2. The molecule has 4 atom stereocenters. The number of sulfone groups is 2. The number of fused-ring (bicyclic) bond motifs is 4. The van der Waals surface area contributed by atoms with E-state index in [1.54, 1.807) is 48.5 Å². The Kier molecular flexibility index (Phi) is 10.2. The van der Waals surface area contributed by atoms with Gasteiger partial charge in [-0.15, -0.1) is 0 Å². The lowest BCUT2D eigenvalue weighted by atomic mass is 9.92. The van der Waals surface area contributed by atoms with Crippen LogP contribution in [0.4, 0.5) is 22.7 Å². The first kappa shape index (κ1) is 43.0. The summed E-state index contributed by atoms with van der Waals surface area (Å²) in [5, 5.41) is 20.3. The summed E-state index contributed by atoms with van der Waals surface area (Å²) < 4.78 is 48.8. The molecule has 12 nitrogen and oxygen atoms in total. The molecule has 4 aliphatic rings. The molecule has 2 aliphatic carbocycles. The molecule has 0 radical (unpaired) electrons. The van der Waals surface area contributed by atoms with Crippen LogP contribution in [0.5, 0.6) is 0 Å². The van der Waals surface area contributed by atoms with Crippen LogP contribution in [-0.2, 0) is 40.1 Å². The minimum atomic E-state index is -3.69. The molecule has 2 saturated carbocycles. The van der Waals surface area contributed by atoms with E-state index in [9.17, 15) is 46.2 Å². The molecule has 6 aromatic carbocycles. The second-order valence-corrected chi connectivity index (χ2v) is 21.4. The van der Waals surface area contributed by atoms with Gasteiger partial charge in [-0.25, -0.2) is 26.4 Å². The van der Waals surface area contributed by atoms with Crippen LogP contribution in [0.3, 0.4) is 0 Å². The summed E-state index contributed by atoms with van der Waals surface area (Å²) in [5.74, 6) is -3.01. The van der Waals surface area contributed by atoms with Gasteiger partial charge < -0.3 is 10.2 Å². The number of rotatable bonds is 8. The predicted octanol–water partition coefficient (Wildman–Crippen LogP) is 9.09. The van der Waals surface area contributed by atoms with Crippen molar-refractivity contribution in [2.45, 2.75) is 45.3 Å². The Morgan fingerprint density at radius 3 is 1.22 bits per heavy atom. The highest BCUT2D eigenvalue weighted by atomic mass is 35.5. The lowest BCUT2D eigenvalue weighted by Crippen LogP contribution is -2.29. The van der Waals surface area contributed by atoms with Gasteiger partial charge >= 0.3 is 11.9 Å². The molecular formula is C48H36Cl2N2O10S2. The summed E-state index contributed by atoms with van der Waals surface area (Å²) >= 11 is 12.0. The fraction of sp³-hybridized carbons (Fsp3) is 0.167. The lowest BCUT2D eigenvalue weighted by molar-refractivity contribution is -0.120. The van der Waals surface area contributed by atoms with Crippen molar-refractivity contribution in [2.24, 2.45) is 0 Å². The third kappa shape index (κ3) is 7.05. The van der Waals surface area contributed by atoms with Crippen molar-refractivity contribution >= 4 is 89.4 Å². The van der Waals surface area contributed by atoms with Crippen molar-refractivity contribution in [1.29, 1.82) is 0 Å². The number of carboxylic acids is 2. The van der Waals surface area contributed by atoms with Gasteiger partial charge in [-0.05, 0) is 108 Å². The van der Waals surface area contributed by atoms with E-state index in [1.807, 2.05) is 48.5 Å². The fourth-order valence-corrected chi connectivity index (χ4v) is 10.9. The highest BCUT2D eigenvalue weighted by Gasteiger charge is 2.68. The summed E-state index contributed by atoms with van der Waals surface area (Å²) in [6.07, 6.45) is 3.24. The molecule has 0 bridgehead atoms. The summed E-state index contributed by atoms with van der Waals surface area (Å²) in [4.78, 5) is 53.6. The first-order valence-corrected chi connectivity index (χ1v) is 24.4. The maximum Gasteiger partial charge on any atom is 0.335 e. The molecule has 0 saturated heterocycles. The number of nitrogens with zero attached hydrogens (tertiary/aromatic N) is 2. The topological polar surface area (TPSA) is 183 Å². The van der Waals surface area contributed by atoms with Gasteiger partial charge in [0.25, 0.3) is 0 Å². The molecule has 0 unspecified atom stereocenters. The first-order valence-electron chi connectivity index (χ1n) is 19.8. The van der Waals surface area contributed by atoms with Gasteiger partial charge in [0.15, 0.2) is 19.7 Å². The third-order valence-electron chi connectivity index (χ3n) is 12.5. The number of carbonyl (C=O) groups excluding carboxylic acids is 2. The van der Waals surface area contributed by atoms with Crippen LogP contribution in [0.15, 0.2) is 143 Å². The maximum absolute atomic E-state index is 13.8. The van der Waals surface area contributed by atoms with Crippen LogP contribution in [0.1, 0.15) is 67.6 Å². The molecule has 6 aromatic rings. The molecule has 2 amide bonds. The van der Waals surface area contributed by atoms with Gasteiger partial charge in [0.2, 0.25) is 11.8 Å². The van der Waals surface area contributed by atoms with E-state index < -0.39 is 42.4 Å². The Balaban J connectivity index is 0.000000162. The smallest absolute Gasteiger partial charge is 0.335 e. The number of para-hydroxylation sites is 2. The second kappa shape index (κ2) is 15.2.